The van der Waals surface area contributed by atoms with Crippen molar-refractivity contribution in [2.75, 3.05) is 31.6 Å². The van der Waals surface area contributed by atoms with E-state index in [0.29, 0.717) is 47.9 Å². The van der Waals surface area contributed by atoms with E-state index in [-0.39, 0.29) is 5.82 Å². The van der Waals surface area contributed by atoms with Gasteiger partial charge in [0.2, 0.25) is 0 Å². The molecule has 0 saturated heterocycles. The number of likely N-dealkylation sites (N-methyl/N-ethyl adjacent to an activating group) is 1. The number of aromatic nitrogens is 2. The molecule has 0 bridgehead atoms. The van der Waals surface area contributed by atoms with Crippen LogP contribution >= 0.6 is 0 Å². The lowest BCUT2D eigenvalue weighted by molar-refractivity contribution is 0.308. The summed E-state index contributed by atoms with van der Waals surface area (Å²) in [6.45, 7) is 4.55. The Bertz CT molecular complexity index is 1020. The molecule has 0 amide bonds. The van der Waals surface area contributed by atoms with Gasteiger partial charge in [-0.05, 0) is 48.5 Å². The van der Waals surface area contributed by atoms with E-state index in [0.717, 1.165) is 18.7 Å². The molecule has 152 valence electrons. The Labute approximate surface area is 167 Å². The zero-order chi connectivity index (χ0) is 20.8. The van der Waals surface area contributed by atoms with Gasteiger partial charge in [-0.2, -0.15) is 0 Å². The summed E-state index contributed by atoms with van der Waals surface area (Å²) in [4.78, 5) is 10.9. The van der Waals surface area contributed by atoms with E-state index in [9.17, 15) is 13.2 Å². The lowest BCUT2D eigenvalue weighted by Crippen LogP contribution is -2.34. The summed E-state index contributed by atoms with van der Waals surface area (Å²) in [5.41, 5.74) is 6.72. The summed E-state index contributed by atoms with van der Waals surface area (Å²) in [5.74, 6) is -1.36. The zero-order valence-electron chi connectivity index (χ0n) is 16.0. The number of fused-ring (bicyclic) bond motifs is 1. The van der Waals surface area contributed by atoms with E-state index in [1.54, 1.807) is 18.2 Å². The molecular formula is C21H22F3N5. The molecule has 2 aromatic carbocycles. The topological polar surface area (TPSA) is 67.1 Å². The summed E-state index contributed by atoms with van der Waals surface area (Å²) < 4.78 is 40.2. The van der Waals surface area contributed by atoms with E-state index >= 15 is 0 Å². The zero-order valence-corrected chi connectivity index (χ0v) is 16.0. The maximum absolute atomic E-state index is 13.7. The number of nitrogens with zero attached hydrogens (tertiary/aromatic N) is 3. The number of anilines is 1. The molecule has 8 heteroatoms. The average molecular weight is 401 g/mol. The fourth-order valence-corrected chi connectivity index (χ4v) is 2.83. The molecular weight excluding hydrogens is 379 g/mol. The fraction of sp³-hybridized carbons (Fsp3) is 0.238. The second kappa shape index (κ2) is 9.49. The summed E-state index contributed by atoms with van der Waals surface area (Å²) in [7, 11) is 0. The molecule has 3 aromatic rings. The highest BCUT2D eigenvalue weighted by Gasteiger charge is 2.09. The maximum Gasteiger partial charge on any atom is 0.159 e. The molecule has 1 aromatic heterocycles. The van der Waals surface area contributed by atoms with Gasteiger partial charge in [0.05, 0.1) is 5.52 Å². The van der Waals surface area contributed by atoms with Crippen LogP contribution in [0.1, 0.15) is 18.3 Å². The van der Waals surface area contributed by atoms with E-state index in [4.69, 9.17) is 5.73 Å². The molecule has 0 spiro atoms. The van der Waals surface area contributed by atoms with Crippen molar-refractivity contribution >= 4 is 28.9 Å². The van der Waals surface area contributed by atoms with Gasteiger partial charge in [0, 0.05) is 25.1 Å². The summed E-state index contributed by atoms with van der Waals surface area (Å²) in [6, 6.07) is 7.88. The van der Waals surface area contributed by atoms with Crippen LogP contribution in [-0.2, 0) is 0 Å². The van der Waals surface area contributed by atoms with Crippen LogP contribution in [0.15, 0.2) is 36.4 Å². The quantitative estimate of drug-likeness (QED) is 0.561. The number of hydrogen-bond acceptors (Lipinski definition) is 5. The monoisotopic (exact) mass is 401 g/mol. The van der Waals surface area contributed by atoms with E-state index in [1.165, 1.54) is 18.2 Å². The van der Waals surface area contributed by atoms with Crippen molar-refractivity contribution in [2.45, 2.75) is 6.92 Å². The number of rotatable bonds is 8. The lowest BCUT2D eigenvalue weighted by atomic mass is 10.2. The molecule has 5 nitrogen and oxygen atoms in total. The molecule has 0 unspecified atom stereocenters. The van der Waals surface area contributed by atoms with Crippen molar-refractivity contribution in [3.8, 4) is 0 Å². The molecule has 0 fully saturated rings. The highest BCUT2D eigenvalue weighted by atomic mass is 19.2. The Morgan fingerprint density at radius 1 is 1.03 bits per heavy atom. The van der Waals surface area contributed by atoms with Gasteiger partial charge in [-0.3, -0.25) is 4.90 Å². The van der Waals surface area contributed by atoms with Crippen LogP contribution in [0.25, 0.3) is 23.1 Å². The first-order valence-corrected chi connectivity index (χ1v) is 9.27. The Morgan fingerprint density at radius 2 is 1.86 bits per heavy atom. The maximum atomic E-state index is 13.7. The smallest absolute Gasteiger partial charge is 0.159 e. The molecule has 3 rings (SSSR count). The van der Waals surface area contributed by atoms with Gasteiger partial charge in [0.15, 0.2) is 17.5 Å². The van der Waals surface area contributed by atoms with Gasteiger partial charge in [0.1, 0.15) is 11.6 Å². The van der Waals surface area contributed by atoms with Gasteiger partial charge in [0.25, 0.3) is 0 Å². The standard InChI is InChI=1S/C21H22F3N5/c1-2-29(13-25)10-9-26-21-16-12-15(22)5-7-19(16)27-20(28-21)8-4-14-3-6-17(23)18(24)11-14/h3-8,11-12H,2,9-10,13,25H2,1H3,(H,26,27,28)/b8-4+. The van der Waals surface area contributed by atoms with Crippen LogP contribution in [0.3, 0.4) is 0 Å². The van der Waals surface area contributed by atoms with Gasteiger partial charge in [-0.15, -0.1) is 0 Å². The molecule has 0 aliphatic carbocycles. The minimum Gasteiger partial charge on any atom is -0.368 e. The molecule has 29 heavy (non-hydrogen) atoms. The van der Waals surface area contributed by atoms with Crippen molar-refractivity contribution in [2.24, 2.45) is 5.73 Å². The van der Waals surface area contributed by atoms with Crippen LogP contribution in [0, 0.1) is 17.5 Å². The van der Waals surface area contributed by atoms with Crippen LogP contribution in [-0.4, -0.2) is 41.2 Å². The fourth-order valence-electron chi connectivity index (χ4n) is 2.83. The number of hydrogen-bond donors (Lipinski definition) is 2. The molecule has 0 radical (unpaired) electrons. The normalized spacial score (nSPS) is 11.7. The second-order valence-corrected chi connectivity index (χ2v) is 6.42. The van der Waals surface area contributed by atoms with Gasteiger partial charge >= 0.3 is 0 Å². The lowest BCUT2D eigenvalue weighted by Gasteiger charge is -2.18. The third-order valence-electron chi connectivity index (χ3n) is 4.47. The first kappa shape index (κ1) is 20.8. The van der Waals surface area contributed by atoms with E-state index in [2.05, 4.69) is 15.3 Å². The number of benzene rings is 2. The number of nitrogens with two attached hydrogens (primary N) is 1. The number of halogens is 3. The first-order chi connectivity index (χ1) is 14.0. The molecule has 1 heterocycles. The largest absolute Gasteiger partial charge is 0.368 e. The molecule has 0 aliphatic heterocycles. The Hall–Kier alpha value is -2.97. The second-order valence-electron chi connectivity index (χ2n) is 6.42. The molecule has 0 saturated carbocycles. The Kier molecular flexibility index (Phi) is 6.79. The highest BCUT2D eigenvalue weighted by molar-refractivity contribution is 5.90. The summed E-state index contributed by atoms with van der Waals surface area (Å²) >= 11 is 0. The van der Waals surface area contributed by atoms with Crippen molar-refractivity contribution in [3.63, 3.8) is 0 Å². The Balaban J connectivity index is 1.88. The third-order valence-corrected chi connectivity index (χ3v) is 4.47. The van der Waals surface area contributed by atoms with Crippen molar-refractivity contribution in [1.82, 2.24) is 14.9 Å². The van der Waals surface area contributed by atoms with Crippen molar-refractivity contribution < 1.29 is 13.2 Å². The van der Waals surface area contributed by atoms with E-state index in [1.807, 2.05) is 11.8 Å². The average Bonchev–Trinajstić information content (AvgIpc) is 2.72. The predicted molar refractivity (Wildman–Crippen MR) is 110 cm³/mol. The minimum atomic E-state index is -0.926. The Morgan fingerprint density at radius 3 is 2.59 bits per heavy atom. The van der Waals surface area contributed by atoms with E-state index < -0.39 is 11.6 Å². The molecule has 0 aliphatic rings. The van der Waals surface area contributed by atoms with Crippen LogP contribution in [0.4, 0.5) is 19.0 Å². The minimum absolute atomic E-state index is 0.363. The highest BCUT2D eigenvalue weighted by Crippen LogP contribution is 2.22. The number of nitrogens with one attached hydrogen (secondary N) is 1. The summed E-state index contributed by atoms with van der Waals surface area (Å²) in [6.07, 6.45) is 3.18. The SMILES string of the molecule is CCN(CN)CCNc1nc(/C=C/c2ccc(F)c(F)c2)nc2ccc(F)cc12. The van der Waals surface area contributed by atoms with Crippen LogP contribution in [0.5, 0.6) is 0 Å². The van der Waals surface area contributed by atoms with Crippen molar-refractivity contribution in [3.05, 3.63) is 65.2 Å². The van der Waals surface area contributed by atoms with Crippen molar-refractivity contribution in [1.29, 1.82) is 0 Å². The van der Waals surface area contributed by atoms with Gasteiger partial charge in [-0.1, -0.05) is 19.1 Å². The molecule has 3 N–H and O–H groups in total. The predicted octanol–water partition coefficient (Wildman–Crippen LogP) is 3.87. The third kappa shape index (κ3) is 5.30. The van der Waals surface area contributed by atoms with Crippen LogP contribution in [0.2, 0.25) is 0 Å². The summed E-state index contributed by atoms with van der Waals surface area (Å²) in [5, 5.41) is 3.77. The van der Waals surface area contributed by atoms with Gasteiger partial charge < -0.3 is 11.1 Å². The first-order valence-electron chi connectivity index (χ1n) is 9.27. The van der Waals surface area contributed by atoms with Gasteiger partial charge in [-0.25, -0.2) is 23.1 Å². The molecule has 0 atom stereocenters. The van der Waals surface area contributed by atoms with Crippen LogP contribution < -0.4 is 11.1 Å².